The fourth-order valence-electron chi connectivity index (χ4n) is 2.29. The van der Waals surface area contributed by atoms with Gasteiger partial charge in [0.2, 0.25) is 0 Å². The highest BCUT2D eigenvalue weighted by Gasteiger charge is 2.16. The average molecular weight is 286 g/mol. The Morgan fingerprint density at radius 1 is 1.00 bits per heavy atom. The van der Waals surface area contributed by atoms with Gasteiger partial charge in [0, 0.05) is 15.2 Å². The first-order valence-corrected chi connectivity index (χ1v) is 8.19. The second-order valence-electron chi connectivity index (χ2n) is 4.33. The predicted octanol–water partition coefficient (Wildman–Crippen LogP) is 4.70. The van der Waals surface area contributed by atoms with Crippen molar-refractivity contribution >= 4 is 33.2 Å². The molecule has 1 unspecified atom stereocenters. The van der Waals surface area contributed by atoms with E-state index in [1.165, 1.54) is 10.1 Å². The molecule has 0 radical (unpaired) electrons. The number of thioether (sulfide) groups is 1. The zero-order valence-electron chi connectivity index (χ0n) is 10.5. The van der Waals surface area contributed by atoms with Crippen LogP contribution >= 0.6 is 23.1 Å². The third-order valence-electron chi connectivity index (χ3n) is 3.24. The molecule has 0 spiro atoms. The van der Waals surface area contributed by atoms with Gasteiger partial charge >= 0.3 is 0 Å². The van der Waals surface area contributed by atoms with Crippen molar-refractivity contribution in [1.82, 2.24) is 0 Å². The smallest absolute Gasteiger partial charge is 0.107 e. The standard InChI is InChI=1S/C16H14OS2/c1-18-14-8-3-2-6-12(14)15(17)13-7-4-5-11-9-10-19-16(11)13/h2-10,15,17H,1H3. The van der Waals surface area contributed by atoms with Gasteiger partial charge in [0.15, 0.2) is 0 Å². The lowest BCUT2D eigenvalue weighted by molar-refractivity contribution is 0.219. The van der Waals surface area contributed by atoms with Crippen molar-refractivity contribution < 1.29 is 5.11 Å². The monoisotopic (exact) mass is 286 g/mol. The summed E-state index contributed by atoms with van der Waals surface area (Å²) < 4.78 is 1.17. The van der Waals surface area contributed by atoms with E-state index in [0.717, 1.165) is 16.0 Å². The topological polar surface area (TPSA) is 20.2 Å². The minimum atomic E-state index is -0.564. The Morgan fingerprint density at radius 3 is 2.63 bits per heavy atom. The molecule has 0 saturated carbocycles. The quantitative estimate of drug-likeness (QED) is 0.704. The highest BCUT2D eigenvalue weighted by atomic mass is 32.2. The Morgan fingerprint density at radius 2 is 1.79 bits per heavy atom. The number of fused-ring (bicyclic) bond motifs is 1. The summed E-state index contributed by atoms with van der Waals surface area (Å²) in [5.74, 6) is 0. The van der Waals surface area contributed by atoms with Crippen LogP contribution < -0.4 is 0 Å². The van der Waals surface area contributed by atoms with Gasteiger partial charge in [-0.3, -0.25) is 0 Å². The van der Waals surface area contributed by atoms with Crippen molar-refractivity contribution in [2.75, 3.05) is 6.26 Å². The van der Waals surface area contributed by atoms with Crippen LogP contribution in [0.15, 0.2) is 58.8 Å². The first-order chi connectivity index (χ1) is 9.31. The Labute approximate surface area is 120 Å². The van der Waals surface area contributed by atoms with Gasteiger partial charge in [0.25, 0.3) is 0 Å². The van der Waals surface area contributed by atoms with Crippen LogP contribution in [0.2, 0.25) is 0 Å². The molecule has 0 aliphatic rings. The van der Waals surface area contributed by atoms with Crippen molar-refractivity contribution in [3.63, 3.8) is 0 Å². The molecular formula is C16H14OS2. The lowest BCUT2D eigenvalue weighted by atomic mass is 10.0. The van der Waals surface area contributed by atoms with Gasteiger partial charge in [0.05, 0.1) is 0 Å². The largest absolute Gasteiger partial charge is 0.384 e. The van der Waals surface area contributed by atoms with Gasteiger partial charge in [-0.2, -0.15) is 0 Å². The van der Waals surface area contributed by atoms with Crippen molar-refractivity contribution in [1.29, 1.82) is 0 Å². The van der Waals surface area contributed by atoms with Gasteiger partial charge < -0.3 is 5.11 Å². The summed E-state index contributed by atoms with van der Waals surface area (Å²) >= 11 is 3.35. The Hall–Kier alpha value is -1.29. The minimum Gasteiger partial charge on any atom is -0.384 e. The molecule has 0 saturated heterocycles. The molecule has 1 heterocycles. The fourth-order valence-corrected chi connectivity index (χ4v) is 3.86. The van der Waals surface area contributed by atoms with Gasteiger partial charge in [0.1, 0.15) is 6.10 Å². The van der Waals surface area contributed by atoms with Crippen LogP contribution in [0.5, 0.6) is 0 Å². The summed E-state index contributed by atoms with van der Waals surface area (Å²) in [7, 11) is 0. The van der Waals surface area contributed by atoms with E-state index in [4.69, 9.17) is 0 Å². The number of benzene rings is 2. The van der Waals surface area contributed by atoms with Gasteiger partial charge in [-0.05, 0) is 34.7 Å². The SMILES string of the molecule is CSc1ccccc1C(O)c1cccc2ccsc12. The molecule has 3 rings (SSSR count). The zero-order valence-corrected chi connectivity index (χ0v) is 12.2. The molecule has 3 aromatic rings. The molecule has 0 aliphatic carbocycles. The molecule has 2 aromatic carbocycles. The van der Waals surface area contributed by atoms with Crippen LogP contribution in [0.25, 0.3) is 10.1 Å². The summed E-state index contributed by atoms with van der Waals surface area (Å²) in [5.41, 5.74) is 1.98. The summed E-state index contributed by atoms with van der Waals surface area (Å²) in [6.07, 6.45) is 1.48. The normalized spacial score (nSPS) is 12.7. The number of hydrogen-bond acceptors (Lipinski definition) is 3. The van der Waals surface area contributed by atoms with E-state index in [1.807, 2.05) is 36.6 Å². The van der Waals surface area contributed by atoms with E-state index in [0.29, 0.717) is 0 Å². The summed E-state index contributed by atoms with van der Waals surface area (Å²) in [6.45, 7) is 0. The molecule has 0 amide bonds. The Balaban J connectivity index is 2.13. The molecule has 0 aliphatic heterocycles. The molecule has 1 aromatic heterocycles. The molecule has 1 atom stereocenters. The molecule has 96 valence electrons. The highest BCUT2D eigenvalue weighted by Crippen LogP contribution is 2.35. The molecule has 0 fully saturated rings. The molecule has 1 N–H and O–H groups in total. The summed E-state index contributed by atoms with van der Waals surface area (Å²) in [4.78, 5) is 1.13. The number of hydrogen-bond donors (Lipinski definition) is 1. The third kappa shape index (κ3) is 2.29. The van der Waals surface area contributed by atoms with Crippen LogP contribution in [-0.2, 0) is 0 Å². The second kappa shape index (κ2) is 5.37. The first kappa shape index (κ1) is 12.7. The predicted molar refractivity (Wildman–Crippen MR) is 84.1 cm³/mol. The van der Waals surface area contributed by atoms with Crippen molar-refractivity contribution in [3.8, 4) is 0 Å². The first-order valence-electron chi connectivity index (χ1n) is 6.08. The maximum Gasteiger partial charge on any atom is 0.107 e. The van der Waals surface area contributed by atoms with E-state index in [-0.39, 0.29) is 0 Å². The van der Waals surface area contributed by atoms with E-state index >= 15 is 0 Å². The van der Waals surface area contributed by atoms with E-state index in [2.05, 4.69) is 23.6 Å². The van der Waals surface area contributed by atoms with Crippen LogP contribution in [0.1, 0.15) is 17.2 Å². The molecule has 1 nitrogen and oxygen atoms in total. The van der Waals surface area contributed by atoms with Crippen molar-refractivity contribution in [2.24, 2.45) is 0 Å². The zero-order chi connectivity index (χ0) is 13.2. The number of aliphatic hydroxyl groups is 1. The maximum atomic E-state index is 10.7. The van der Waals surface area contributed by atoms with E-state index in [9.17, 15) is 5.11 Å². The van der Waals surface area contributed by atoms with Crippen LogP contribution in [0.4, 0.5) is 0 Å². The number of thiophene rings is 1. The van der Waals surface area contributed by atoms with Gasteiger partial charge in [-0.15, -0.1) is 23.1 Å². The van der Waals surface area contributed by atoms with Crippen LogP contribution in [-0.4, -0.2) is 11.4 Å². The fraction of sp³-hybridized carbons (Fsp3) is 0.125. The number of rotatable bonds is 3. The summed E-state index contributed by atoms with van der Waals surface area (Å²) in [6, 6.07) is 16.2. The Bertz CT molecular complexity index is 703. The Kier molecular flexibility index (Phi) is 3.60. The van der Waals surface area contributed by atoms with Gasteiger partial charge in [-0.25, -0.2) is 0 Å². The number of aliphatic hydroxyl groups excluding tert-OH is 1. The van der Waals surface area contributed by atoms with Crippen LogP contribution in [0.3, 0.4) is 0 Å². The molecular weight excluding hydrogens is 272 g/mol. The molecule has 0 bridgehead atoms. The van der Waals surface area contributed by atoms with Crippen molar-refractivity contribution in [3.05, 3.63) is 65.0 Å². The second-order valence-corrected chi connectivity index (χ2v) is 6.09. The minimum absolute atomic E-state index is 0.564. The lowest BCUT2D eigenvalue weighted by Crippen LogP contribution is -2.01. The van der Waals surface area contributed by atoms with E-state index in [1.54, 1.807) is 23.1 Å². The third-order valence-corrected chi connectivity index (χ3v) is 5.03. The van der Waals surface area contributed by atoms with Crippen LogP contribution in [0, 0.1) is 0 Å². The van der Waals surface area contributed by atoms with E-state index < -0.39 is 6.10 Å². The maximum absolute atomic E-state index is 10.7. The molecule has 3 heteroatoms. The highest BCUT2D eigenvalue weighted by molar-refractivity contribution is 7.98. The van der Waals surface area contributed by atoms with Crippen molar-refractivity contribution in [2.45, 2.75) is 11.0 Å². The average Bonchev–Trinajstić information content (AvgIpc) is 2.94. The molecule has 19 heavy (non-hydrogen) atoms. The summed E-state index contributed by atoms with van der Waals surface area (Å²) in [5, 5.41) is 14.0. The lowest BCUT2D eigenvalue weighted by Gasteiger charge is -2.15. The van der Waals surface area contributed by atoms with Gasteiger partial charge in [-0.1, -0.05) is 36.4 Å².